The Bertz CT molecular complexity index is 384. The summed E-state index contributed by atoms with van der Waals surface area (Å²) < 4.78 is 25.0. The molecule has 0 bridgehead atoms. The summed E-state index contributed by atoms with van der Waals surface area (Å²) in [6, 6.07) is 5.24. The normalized spacial score (nSPS) is 24.2. The van der Waals surface area contributed by atoms with Crippen LogP contribution in [0.15, 0.2) is 18.2 Å². The van der Waals surface area contributed by atoms with Gasteiger partial charge in [-0.2, -0.15) is 0 Å². The van der Waals surface area contributed by atoms with E-state index in [9.17, 15) is 4.39 Å². The van der Waals surface area contributed by atoms with E-state index in [0.29, 0.717) is 25.6 Å². The first-order chi connectivity index (χ1) is 8.74. The second-order valence-electron chi connectivity index (χ2n) is 4.86. The summed E-state index contributed by atoms with van der Waals surface area (Å²) in [5, 5.41) is 0. The van der Waals surface area contributed by atoms with Crippen molar-refractivity contribution in [2.45, 2.75) is 39.4 Å². The average Bonchev–Trinajstić information content (AvgIpc) is 2.40. The Kier molecular flexibility index (Phi) is 4.72. The van der Waals surface area contributed by atoms with E-state index in [1.807, 2.05) is 19.1 Å². The molecule has 0 amide bonds. The number of hydrogen-bond donors (Lipinski definition) is 0. The molecule has 0 saturated carbocycles. The zero-order chi connectivity index (χ0) is 13.0. The van der Waals surface area contributed by atoms with Crippen molar-refractivity contribution in [1.29, 1.82) is 0 Å². The van der Waals surface area contributed by atoms with Crippen LogP contribution in [0.1, 0.15) is 44.1 Å². The molecule has 1 aromatic rings. The van der Waals surface area contributed by atoms with E-state index >= 15 is 0 Å². The monoisotopic (exact) mass is 252 g/mol. The lowest BCUT2D eigenvalue weighted by molar-refractivity contribution is -0.206. The summed E-state index contributed by atoms with van der Waals surface area (Å²) in [6.07, 6.45) is 2.56. The molecule has 100 valence electrons. The van der Waals surface area contributed by atoms with Crippen molar-refractivity contribution < 1.29 is 13.9 Å². The summed E-state index contributed by atoms with van der Waals surface area (Å²) in [5.74, 6) is 0.309. The molecule has 0 spiro atoms. The Labute approximate surface area is 108 Å². The smallest absolute Gasteiger partial charge is 0.183 e. The van der Waals surface area contributed by atoms with Crippen molar-refractivity contribution >= 4 is 0 Å². The number of benzene rings is 1. The predicted octanol–water partition coefficient (Wildman–Crippen LogP) is 3.85. The molecule has 1 aliphatic rings. The van der Waals surface area contributed by atoms with Crippen LogP contribution in [0.3, 0.4) is 0 Å². The number of halogens is 1. The lowest BCUT2D eigenvalue weighted by atomic mass is 10.0. The topological polar surface area (TPSA) is 18.5 Å². The number of aryl methyl sites for hydroxylation is 1. The molecule has 0 unspecified atom stereocenters. The van der Waals surface area contributed by atoms with Crippen molar-refractivity contribution in [3.8, 4) is 0 Å². The van der Waals surface area contributed by atoms with Crippen LogP contribution in [-0.4, -0.2) is 13.2 Å². The molecule has 1 aliphatic heterocycles. The van der Waals surface area contributed by atoms with Gasteiger partial charge in [0.05, 0.1) is 13.2 Å². The minimum atomic E-state index is -0.404. The summed E-state index contributed by atoms with van der Waals surface area (Å²) in [4.78, 5) is 0. The maximum atomic E-state index is 13.7. The zero-order valence-electron chi connectivity index (χ0n) is 11.1. The summed E-state index contributed by atoms with van der Waals surface area (Å²) in [7, 11) is 0. The quantitative estimate of drug-likeness (QED) is 0.810. The predicted molar refractivity (Wildman–Crippen MR) is 68.8 cm³/mol. The standard InChI is InChI=1S/C15H21FO2/c1-3-5-11-9-17-15(18-10-11)13-7-6-12(4-2)14(16)8-13/h6-8,11,15H,3-5,9-10H2,1-2H3. The van der Waals surface area contributed by atoms with Crippen LogP contribution in [0.5, 0.6) is 0 Å². The Morgan fingerprint density at radius 1 is 1.22 bits per heavy atom. The molecular weight excluding hydrogens is 231 g/mol. The van der Waals surface area contributed by atoms with Gasteiger partial charge in [-0.15, -0.1) is 0 Å². The lowest BCUT2D eigenvalue weighted by Gasteiger charge is -2.29. The first-order valence-corrected chi connectivity index (χ1v) is 6.76. The van der Waals surface area contributed by atoms with E-state index in [-0.39, 0.29) is 5.82 Å². The van der Waals surface area contributed by atoms with Crippen LogP contribution in [0.25, 0.3) is 0 Å². The van der Waals surface area contributed by atoms with Crippen LogP contribution in [0, 0.1) is 11.7 Å². The van der Waals surface area contributed by atoms with Gasteiger partial charge in [-0.05, 0) is 24.5 Å². The Morgan fingerprint density at radius 2 is 1.94 bits per heavy atom. The van der Waals surface area contributed by atoms with E-state index in [4.69, 9.17) is 9.47 Å². The molecular formula is C15H21FO2. The summed E-state index contributed by atoms with van der Waals surface area (Å²) >= 11 is 0. The minimum absolute atomic E-state index is 0.169. The highest BCUT2D eigenvalue weighted by Gasteiger charge is 2.23. The fourth-order valence-corrected chi connectivity index (χ4v) is 2.31. The first kappa shape index (κ1) is 13.5. The number of hydrogen-bond acceptors (Lipinski definition) is 2. The fraction of sp³-hybridized carbons (Fsp3) is 0.600. The van der Waals surface area contributed by atoms with Crippen LogP contribution >= 0.6 is 0 Å². The molecule has 2 nitrogen and oxygen atoms in total. The van der Waals surface area contributed by atoms with Gasteiger partial charge in [0.25, 0.3) is 0 Å². The highest BCUT2D eigenvalue weighted by atomic mass is 19.1. The molecule has 0 N–H and O–H groups in total. The van der Waals surface area contributed by atoms with Gasteiger partial charge in [-0.25, -0.2) is 4.39 Å². The van der Waals surface area contributed by atoms with Crippen LogP contribution in [-0.2, 0) is 15.9 Å². The number of ether oxygens (including phenoxy) is 2. The van der Waals surface area contributed by atoms with E-state index in [1.54, 1.807) is 0 Å². The Morgan fingerprint density at radius 3 is 2.50 bits per heavy atom. The van der Waals surface area contributed by atoms with Crippen LogP contribution in [0.4, 0.5) is 4.39 Å². The van der Waals surface area contributed by atoms with Crippen molar-refractivity contribution in [3.05, 3.63) is 35.1 Å². The maximum Gasteiger partial charge on any atom is 0.183 e. The summed E-state index contributed by atoms with van der Waals surface area (Å²) in [6.45, 7) is 5.51. The third-order valence-electron chi connectivity index (χ3n) is 3.39. The lowest BCUT2D eigenvalue weighted by Crippen LogP contribution is -2.27. The zero-order valence-corrected chi connectivity index (χ0v) is 11.1. The Hall–Kier alpha value is -0.930. The third kappa shape index (κ3) is 3.09. The molecule has 0 aliphatic carbocycles. The highest BCUT2D eigenvalue weighted by Crippen LogP contribution is 2.27. The minimum Gasteiger partial charge on any atom is -0.348 e. The SMILES string of the molecule is CCCC1COC(c2ccc(CC)c(F)c2)OC1. The maximum absolute atomic E-state index is 13.7. The molecule has 0 radical (unpaired) electrons. The molecule has 1 aromatic carbocycles. The van der Waals surface area contributed by atoms with Crippen molar-refractivity contribution in [2.24, 2.45) is 5.92 Å². The first-order valence-electron chi connectivity index (χ1n) is 6.76. The molecule has 1 saturated heterocycles. The molecule has 1 fully saturated rings. The van der Waals surface area contributed by atoms with Gasteiger partial charge < -0.3 is 9.47 Å². The van der Waals surface area contributed by atoms with Gasteiger partial charge in [0.2, 0.25) is 0 Å². The van der Waals surface area contributed by atoms with E-state index < -0.39 is 6.29 Å². The fourth-order valence-electron chi connectivity index (χ4n) is 2.31. The van der Waals surface area contributed by atoms with E-state index in [2.05, 4.69) is 6.92 Å². The van der Waals surface area contributed by atoms with Gasteiger partial charge in [0.15, 0.2) is 6.29 Å². The molecule has 2 rings (SSSR count). The second-order valence-corrected chi connectivity index (χ2v) is 4.86. The van der Waals surface area contributed by atoms with Gasteiger partial charge >= 0.3 is 0 Å². The van der Waals surface area contributed by atoms with E-state index in [1.165, 1.54) is 6.07 Å². The van der Waals surface area contributed by atoms with Crippen LogP contribution < -0.4 is 0 Å². The second kappa shape index (κ2) is 6.30. The molecule has 0 atom stereocenters. The molecule has 1 heterocycles. The number of rotatable bonds is 4. The largest absolute Gasteiger partial charge is 0.348 e. The molecule has 18 heavy (non-hydrogen) atoms. The van der Waals surface area contributed by atoms with Crippen molar-refractivity contribution in [1.82, 2.24) is 0 Å². The van der Waals surface area contributed by atoms with Crippen LogP contribution in [0.2, 0.25) is 0 Å². The van der Waals surface area contributed by atoms with Gasteiger partial charge in [-0.3, -0.25) is 0 Å². The Balaban J connectivity index is 1.99. The summed E-state index contributed by atoms with van der Waals surface area (Å²) in [5.41, 5.74) is 1.51. The third-order valence-corrected chi connectivity index (χ3v) is 3.39. The molecule has 3 heteroatoms. The van der Waals surface area contributed by atoms with Gasteiger partial charge in [0.1, 0.15) is 5.82 Å². The van der Waals surface area contributed by atoms with Gasteiger partial charge in [-0.1, -0.05) is 32.4 Å². The molecule has 0 aromatic heterocycles. The van der Waals surface area contributed by atoms with Gasteiger partial charge in [0, 0.05) is 11.5 Å². The highest BCUT2D eigenvalue weighted by molar-refractivity contribution is 5.25. The van der Waals surface area contributed by atoms with Crippen molar-refractivity contribution in [2.75, 3.05) is 13.2 Å². The van der Waals surface area contributed by atoms with Crippen molar-refractivity contribution in [3.63, 3.8) is 0 Å². The average molecular weight is 252 g/mol. The van der Waals surface area contributed by atoms with E-state index in [0.717, 1.165) is 24.0 Å².